The molecular formula is C14H13N3OS. The number of hydrogen-bond acceptors (Lipinski definition) is 5. The molecule has 0 unspecified atom stereocenters. The van der Waals surface area contributed by atoms with Gasteiger partial charge >= 0.3 is 0 Å². The number of fused-ring (bicyclic) bond motifs is 1. The molecule has 0 aliphatic heterocycles. The molecule has 0 bridgehead atoms. The van der Waals surface area contributed by atoms with Crippen LogP contribution in [0.25, 0.3) is 10.2 Å². The van der Waals surface area contributed by atoms with Crippen LogP contribution in [0.15, 0.2) is 36.4 Å². The SMILES string of the molecule is Cc1cc2c(OCc3ccccc3)nc(N)nc2s1. The van der Waals surface area contributed by atoms with Crippen molar-refractivity contribution < 1.29 is 4.74 Å². The van der Waals surface area contributed by atoms with E-state index in [4.69, 9.17) is 10.5 Å². The minimum Gasteiger partial charge on any atom is -0.472 e. The number of thiophene rings is 1. The standard InChI is InChI=1S/C14H13N3OS/c1-9-7-11-12(16-14(15)17-13(11)19-9)18-8-10-5-3-2-4-6-10/h2-7H,8H2,1H3,(H2,15,16,17). The summed E-state index contributed by atoms with van der Waals surface area (Å²) < 4.78 is 5.78. The fourth-order valence-corrected chi connectivity index (χ4v) is 2.74. The van der Waals surface area contributed by atoms with Gasteiger partial charge in [-0.15, -0.1) is 11.3 Å². The molecule has 4 nitrogen and oxygen atoms in total. The third-order valence-electron chi connectivity index (χ3n) is 2.72. The van der Waals surface area contributed by atoms with Gasteiger partial charge in [0.2, 0.25) is 11.8 Å². The molecule has 1 aromatic carbocycles. The van der Waals surface area contributed by atoms with Crippen molar-refractivity contribution in [3.05, 3.63) is 46.8 Å². The molecule has 2 N–H and O–H groups in total. The zero-order chi connectivity index (χ0) is 13.2. The molecule has 3 aromatic rings. The van der Waals surface area contributed by atoms with Crippen molar-refractivity contribution >= 4 is 27.5 Å². The molecule has 0 radical (unpaired) electrons. The van der Waals surface area contributed by atoms with Crippen molar-refractivity contribution in [2.45, 2.75) is 13.5 Å². The summed E-state index contributed by atoms with van der Waals surface area (Å²) in [5.41, 5.74) is 6.80. The van der Waals surface area contributed by atoms with Crippen molar-refractivity contribution in [1.29, 1.82) is 0 Å². The molecule has 0 atom stereocenters. The molecule has 2 aromatic heterocycles. The fraction of sp³-hybridized carbons (Fsp3) is 0.143. The monoisotopic (exact) mass is 271 g/mol. The van der Waals surface area contributed by atoms with E-state index >= 15 is 0 Å². The number of rotatable bonds is 3. The van der Waals surface area contributed by atoms with Gasteiger partial charge in [-0.25, -0.2) is 4.98 Å². The van der Waals surface area contributed by atoms with Crippen molar-refractivity contribution in [1.82, 2.24) is 9.97 Å². The van der Waals surface area contributed by atoms with Crippen LogP contribution in [0, 0.1) is 6.92 Å². The van der Waals surface area contributed by atoms with Gasteiger partial charge in [0.15, 0.2) is 0 Å². The lowest BCUT2D eigenvalue weighted by atomic mass is 10.2. The number of anilines is 1. The maximum Gasteiger partial charge on any atom is 0.227 e. The predicted octanol–water partition coefficient (Wildman–Crippen LogP) is 3.16. The molecule has 0 aliphatic rings. The summed E-state index contributed by atoms with van der Waals surface area (Å²) in [5, 5.41) is 0.924. The van der Waals surface area contributed by atoms with Gasteiger partial charge in [0.1, 0.15) is 11.4 Å². The second-order valence-electron chi connectivity index (χ2n) is 4.24. The van der Waals surface area contributed by atoms with E-state index in [1.54, 1.807) is 11.3 Å². The van der Waals surface area contributed by atoms with Crippen molar-refractivity contribution in [3.63, 3.8) is 0 Å². The molecule has 3 rings (SSSR count). The van der Waals surface area contributed by atoms with Crippen molar-refractivity contribution in [2.24, 2.45) is 0 Å². The van der Waals surface area contributed by atoms with E-state index in [0.717, 1.165) is 15.8 Å². The lowest BCUT2D eigenvalue weighted by molar-refractivity contribution is 0.298. The van der Waals surface area contributed by atoms with Gasteiger partial charge < -0.3 is 10.5 Å². The number of hydrogen-bond donors (Lipinski definition) is 1. The average molecular weight is 271 g/mol. The largest absolute Gasteiger partial charge is 0.472 e. The summed E-state index contributed by atoms with van der Waals surface area (Å²) in [6.45, 7) is 2.50. The number of nitrogen functional groups attached to an aromatic ring is 1. The van der Waals surface area contributed by atoms with E-state index in [2.05, 4.69) is 9.97 Å². The molecule has 0 amide bonds. The topological polar surface area (TPSA) is 61.0 Å². The minimum atomic E-state index is 0.248. The molecule has 0 saturated heterocycles. The van der Waals surface area contributed by atoms with E-state index in [1.165, 1.54) is 4.88 Å². The number of ether oxygens (including phenoxy) is 1. The highest BCUT2D eigenvalue weighted by Gasteiger charge is 2.10. The summed E-state index contributed by atoms with van der Waals surface area (Å²) >= 11 is 1.59. The molecule has 0 aliphatic carbocycles. The Balaban J connectivity index is 1.92. The van der Waals surface area contributed by atoms with Crippen LogP contribution in [0.2, 0.25) is 0 Å². The zero-order valence-electron chi connectivity index (χ0n) is 10.5. The second-order valence-corrected chi connectivity index (χ2v) is 5.47. The summed E-state index contributed by atoms with van der Waals surface area (Å²) in [4.78, 5) is 10.4. The number of aryl methyl sites for hydroxylation is 1. The van der Waals surface area contributed by atoms with Crippen LogP contribution in [0.5, 0.6) is 5.88 Å². The van der Waals surface area contributed by atoms with E-state index < -0.39 is 0 Å². The first-order valence-electron chi connectivity index (χ1n) is 5.93. The summed E-state index contributed by atoms with van der Waals surface area (Å²) in [7, 11) is 0. The molecule has 0 fully saturated rings. The van der Waals surface area contributed by atoms with Crippen LogP contribution < -0.4 is 10.5 Å². The van der Waals surface area contributed by atoms with Gasteiger partial charge in [0.05, 0.1) is 5.39 Å². The third-order valence-corrected chi connectivity index (χ3v) is 3.66. The molecule has 96 valence electrons. The Labute approximate surface area is 114 Å². The van der Waals surface area contributed by atoms with Crippen molar-refractivity contribution in [3.8, 4) is 5.88 Å². The molecule has 2 heterocycles. The summed E-state index contributed by atoms with van der Waals surface area (Å²) in [5.74, 6) is 0.799. The first-order valence-corrected chi connectivity index (χ1v) is 6.74. The van der Waals surface area contributed by atoms with E-state index in [9.17, 15) is 0 Å². The fourth-order valence-electron chi connectivity index (χ4n) is 1.87. The highest BCUT2D eigenvalue weighted by Crippen LogP contribution is 2.30. The molecule has 19 heavy (non-hydrogen) atoms. The first kappa shape index (κ1) is 11.9. The van der Waals surface area contributed by atoms with Gasteiger partial charge in [-0.1, -0.05) is 30.3 Å². The van der Waals surface area contributed by atoms with Crippen LogP contribution >= 0.6 is 11.3 Å². The maximum atomic E-state index is 5.78. The summed E-state index contributed by atoms with van der Waals surface area (Å²) in [6.07, 6.45) is 0. The number of nitrogens with zero attached hydrogens (tertiary/aromatic N) is 2. The Hall–Kier alpha value is -2.14. The van der Waals surface area contributed by atoms with Gasteiger partial charge in [-0.3, -0.25) is 0 Å². The van der Waals surface area contributed by atoms with Crippen LogP contribution in [0.1, 0.15) is 10.4 Å². The highest BCUT2D eigenvalue weighted by atomic mass is 32.1. The Morgan fingerprint density at radius 1 is 1.21 bits per heavy atom. The Bertz CT molecular complexity index is 709. The van der Waals surface area contributed by atoms with Crippen LogP contribution in [0.3, 0.4) is 0 Å². The molecule has 0 saturated carbocycles. The Kier molecular flexibility index (Phi) is 3.05. The van der Waals surface area contributed by atoms with E-state index in [-0.39, 0.29) is 5.95 Å². The van der Waals surface area contributed by atoms with Crippen LogP contribution in [-0.4, -0.2) is 9.97 Å². The van der Waals surface area contributed by atoms with Gasteiger partial charge in [0.25, 0.3) is 0 Å². The quantitative estimate of drug-likeness (QED) is 0.795. The van der Waals surface area contributed by atoms with E-state index in [1.807, 2.05) is 43.3 Å². The summed E-state index contributed by atoms with van der Waals surface area (Å²) in [6, 6.07) is 12.0. The highest BCUT2D eigenvalue weighted by molar-refractivity contribution is 7.18. The zero-order valence-corrected chi connectivity index (χ0v) is 11.3. The normalized spacial score (nSPS) is 10.8. The third kappa shape index (κ3) is 2.51. The lowest BCUT2D eigenvalue weighted by Gasteiger charge is -2.06. The maximum absolute atomic E-state index is 5.78. The molecular weight excluding hydrogens is 258 g/mol. The smallest absolute Gasteiger partial charge is 0.227 e. The predicted molar refractivity (Wildman–Crippen MR) is 77.3 cm³/mol. The molecule has 5 heteroatoms. The van der Waals surface area contributed by atoms with Gasteiger partial charge in [-0.05, 0) is 18.6 Å². The number of benzene rings is 1. The Morgan fingerprint density at radius 3 is 2.79 bits per heavy atom. The first-order chi connectivity index (χ1) is 9.22. The minimum absolute atomic E-state index is 0.248. The second kappa shape index (κ2) is 4.85. The average Bonchev–Trinajstić information content (AvgIpc) is 2.77. The van der Waals surface area contributed by atoms with Crippen LogP contribution in [0.4, 0.5) is 5.95 Å². The molecule has 0 spiro atoms. The van der Waals surface area contributed by atoms with Gasteiger partial charge in [0, 0.05) is 4.88 Å². The lowest BCUT2D eigenvalue weighted by Crippen LogP contribution is -2.01. The number of aromatic nitrogens is 2. The van der Waals surface area contributed by atoms with Crippen molar-refractivity contribution in [2.75, 3.05) is 5.73 Å². The van der Waals surface area contributed by atoms with E-state index in [0.29, 0.717) is 12.5 Å². The van der Waals surface area contributed by atoms with Crippen LogP contribution in [-0.2, 0) is 6.61 Å². The number of nitrogens with two attached hydrogens (primary N) is 1. The van der Waals surface area contributed by atoms with Gasteiger partial charge in [-0.2, -0.15) is 4.98 Å². The Morgan fingerprint density at radius 2 is 2.00 bits per heavy atom.